The number of methoxy groups -OCH3 is 2. The number of aliphatic hydroxyl groups excluding tert-OH is 5. The molecule has 0 unspecified atom stereocenters. The average molecular weight is 372 g/mol. The van der Waals surface area contributed by atoms with Gasteiger partial charge >= 0.3 is 0 Å². The second kappa shape index (κ2) is 10.1. The van der Waals surface area contributed by atoms with E-state index in [9.17, 15) is 30.3 Å². The fraction of sp³-hybridized carbons (Fsp3) is 0.471. The third-order valence-corrected chi connectivity index (χ3v) is 3.72. The van der Waals surface area contributed by atoms with Gasteiger partial charge in [-0.3, -0.25) is 4.79 Å². The lowest BCUT2D eigenvalue weighted by Crippen LogP contribution is -2.48. The van der Waals surface area contributed by atoms with Crippen LogP contribution in [-0.2, 0) is 4.79 Å². The lowest BCUT2D eigenvalue weighted by atomic mass is 9.98. The van der Waals surface area contributed by atoms with Gasteiger partial charge in [-0.25, -0.2) is 0 Å². The minimum Gasteiger partial charge on any atom is -0.502 e. The summed E-state index contributed by atoms with van der Waals surface area (Å²) in [6.07, 6.45) is -4.77. The maximum absolute atomic E-state index is 11.9. The van der Waals surface area contributed by atoms with E-state index in [2.05, 4.69) is 0 Å². The lowest BCUT2D eigenvalue weighted by molar-refractivity contribution is -0.146. The number of carbonyl (C=O) groups excluding carboxylic acids is 1. The van der Waals surface area contributed by atoms with Crippen molar-refractivity contribution in [3.8, 4) is 17.2 Å². The molecule has 0 radical (unpaired) electrons. The van der Waals surface area contributed by atoms with Crippen LogP contribution in [0.2, 0.25) is 0 Å². The molecule has 0 fully saturated rings. The van der Waals surface area contributed by atoms with Crippen molar-refractivity contribution in [2.75, 3.05) is 20.8 Å². The van der Waals surface area contributed by atoms with E-state index in [1.54, 1.807) is 0 Å². The molecule has 4 atom stereocenters. The standard InChI is InChI=1S/C17H24O9/c1-25-12-6-9(7-13(26-2)16(12)23)4-3-5-10(19)14(21)17(24)15(22)11(20)8-18/h3-4,6-7,11,14-15,17-18,20-24H,5,8H2,1-2H3/b4-3+/t11-,14+,15-,17-/m1/s1. The molecule has 0 spiro atoms. The van der Waals surface area contributed by atoms with Gasteiger partial charge in [0.25, 0.3) is 0 Å². The maximum Gasteiger partial charge on any atom is 0.200 e. The zero-order valence-electron chi connectivity index (χ0n) is 14.4. The molecular weight excluding hydrogens is 348 g/mol. The van der Waals surface area contributed by atoms with Crippen molar-refractivity contribution in [2.24, 2.45) is 0 Å². The molecule has 1 rings (SSSR count). The monoisotopic (exact) mass is 372 g/mol. The van der Waals surface area contributed by atoms with Crippen LogP contribution in [-0.4, -0.2) is 81.7 Å². The van der Waals surface area contributed by atoms with Gasteiger partial charge in [0.2, 0.25) is 5.75 Å². The van der Waals surface area contributed by atoms with Crippen LogP contribution in [0.4, 0.5) is 0 Å². The van der Waals surface area contributed by atoms with Crippen molar-refractivity contribution < 1.29 is 44.9 Å². The molecule has 1 aromatic carbocycles. The summed E-state index contributed by atoms with van der Waals surface area (Å²) in [5.41, 5.74) is 0.551. The molecule has 146 valence electrons. The van der Waals surface area contributed by atoms with E-state index in [4.69, 9.17) is 14.6 Å². The Bertz CT molecular complexity index is 604. The predicted octanol–water partition coefficient (Wildman–Crippen LogP) is -1.18. The SMILES string of the molecule is COc1cc(/C=C/CC(=O)[C@H](O)[C@@H](O)[C@H](O)[C@H](O)CO)cc(OC)c1O. The highest BCUT2D eigenvalue weighted by molar-refractivity contribution is 5.85. The summed E-state index contributed by atoms with van der Waals surface area (Å²) in [6.45, 7) is -0.830. The second-order valence-electron chi connectivity index (χ2n) is 5.52. The first-order valence-corrected chi connectivity index (χ1v) is 7.74. The highest BCUT2D eigenvalue weighted by Crippen LogP contribution is 2.37. The first-order valence-electron chi connectivity index (χ1n) is 7.74. The molecule has 26 heavy (non-hydrogen) atoms. The Morgan fingerprint density at radius 3 is 2.08 bits per heavy atom. The van der Waals surface area contributed by atoms with Gasteiger partial charge in [0.05, 0.1) is 20.8 Å². The van der Waals surface area contributed by atoms with Crippen molar-refractivity contribution >= 4 is 11.9 Å². The normalized spacial score (nSPS) is 16.1. The molecule has 6 N–H and O–H groups in total. The number of allylic oxidation sites excluding steroid dienone is 1. The van der Waals surface area contributed by atoms with Crippen molar-refractivity contribution in [1.82, 2.24) is 0 Å². The minimum atomic E-state index is -1.94. The van der Waals surface area contributed by atoms with Crippen molar-refractivity contribution in [2.45, 2.75) is 30.8 Å². The molecule has 1 aromatic rings. The number of Topliss-reactive ketones (excluding diaryl/α,β-unsaturated/α-hetero) is 1. The highest BCUT2D eigenvalue weighted by Gasteiger charge is 2.33. The molecule has 9 nitrogen and oxygen atoms in total. The van der Waals surface area contributed by atoms with Crippen molar-refractivity contribution in [3.05, 3.63) is 23.8 Å². The number of hydrogen-bond donors (Lipinski definition) is 6. The Morgan fingerprint density at radius 1 is 1.08 bits per heavy atom. The average Bonchev–Trinajstić information content (AvgIpc) is 2.66. The largest absolute Gasteiger partial charge is 0.502 e. The topological polar surface area (TPSA) is 157 Å². The van der Waals surface area contributed by atoms with Gasteiger partial charge in [-0.2, -0.15) is 0 Å². The summed E-state index contributed by atoms with van der Waals surface area (Å²) in [6, 6.07) is 3.01. The molecule has 0 aliphatic rings. The molecule has 0 aliphatic carbocycles. The number of hydrogen-bond acceptors (Lipinski definition) is 9. The Morgan fingerprint density at radius 2 is 1.62 bits per heavy atom. The van der Waals surface area contributed by atoms with Gasteiger partial charge in [0.1, 0.15) is 24.4 Å². The summed E-state index contributed by atoms with van der Waals surface area (Å²) >= 11 is 0. The number of aliphatic hydroxyl groups is 5. The minimum absolute atomic E-state index is 0.168. The van der Waals surface area contributed by atoms with Gasteiger partial charge < -0.3 is 40.1 Å². The Balaban J connectivity index is 2.78. The van der Waals surface area contributed by atoms with E-state index in [-0.39, 0.29) is 23.7 Å². The number of phenolic OH excluding ortho intramolecular Hbond substituents is 1. The van der Waals surface area contributed by atoms with Crippen LogP contribution in [0.3, 0.4) is 0 Å². The second-order valence-corrected chi connectivity index (χ2v) is 5.52. The predicted molar refractivity (Wildman–Crippen MR) is 91.0 cm³/mol. The zero-order chi connectivity index (χ0) is 19.9. The van der Waals surface area contributed by atoms with E-state index >= 15 is 0 Å². The van der Waals surface area contributed by atoms with Crippen LogP contribution in [0.15, 0.2) is 18.2 Å². The first-order chi connectivity index (χ1) is 12.3. The summed E-state index contributed by atoms with van der Waals surface area (Å²) in [7, 11) is 2.74. The smallest absolute Gasteiger partial charge is 0.200 e. The van der Waals surface area contributed by atoms with E-state index < -0.39 is 36.8 Å². The molecule has 0 heterocycles. The summed E-state index contributed by atoms with van der Waals surface area (Å²) in [5, 5.41) is 56.7. The van der Waals surface area contributed by atoms with E-state index in [0.717, 1.165) is 0 Å². The molecule has 0 saturated carbocycles. The Hall–Kier alpha value is -2.17. The van der Waals surface area contributed by atoms with Gasteiger partial charge in [-0.15, -0.1) is 0 Å². The Kier molecular flexibility index (Phi) is 8.49. The fourth-order valence-electron chi connectivity index (χ4n) is 2.15. The van der Waals surface area contributed by atoms with E-state index in [1.165, 1.54) is 38.5 Å². The number of aromatic hydroxyl groups is 1. The van der Waals surface area contributed by atoms with Crippen LogP contribution < -0.4 is 9.47 Å². The molecule has 0 aromatic heterocycles. The third-order valence-electron chi connectivity index (χ3n) is 3.72. The quantitative estimate of drug-likeness (QED) is 0.297. The van der Waals surface area contributed by atoms with Crippen molar-refractivity contribution in [3.63, 3.8) is 0 Å². The van der Waals surface area contributed by atoms with Crippen LogP contribution in [0.25, 0.3) is 6.08 Å². The van der Waals surface area contributed by atoms with Gasteiger partial charge in [0.15, 0.2) is 17.3 Å². The lowest BCUT2D eigenvalue weighted by Gasteiger charge is -2.24. The number of benzene rings is 1. The fourth-order valence-corrected chi connectivity index (χ4v) is 2.15. The van der Waals surface area contributed by atoms with Crippen LogP contribution in [0.5, 0.6) is 17.2 Å². The molecule has 0 bridgehead atoms. The maximum atomic E-state index is 11.9. The van der Waals surface area contributed by atoms with Gasteiger partial charge in [0, 0.05) is 6.42 Å². The number of phenols is 1. The van der Waals surface area contributed by atoms with Crippen LogP contribution >= 0.6 is 0 Å². The molecule has 0 amide bonds. The van der Waals surface area contributed by atoms with Crippen LogP contribution in [0.1, 0.15) is 12.0 Å². The summed E-state index contributed by atoms with van der Waals surface area (Å²) < 4.78 is 10.0. The number of carbonyl (C=O) groups is 1. The van der Waals surface area contributed by atoms with Gasteiger partial charge in [-0.1, -0.05) is 12.2 Å². The van der Waals surface area contributed by atoms with Crippen LogP contribution in [0, 0.1) is 0 Å². The molecule has 0 saturated heterocycles. The van der Waals surface area contributed by atoms with E-state index in [0.29, 0.717) is 5.56 Å². The summed E-state index contributed by atoms with van der Waals surface area (Å²) in [4.78, 5) is 11.9. The number of rotatable bonds is 10. The van der Waals surface area contributed by atoms with Crippen molar-refractivity contribution in [1.29, 1.82) is 0 Å². The molecular formula is C17H24O9. The number of ketones is 1. The third kappa shape index (κ3) is 5.41. The summed E-state index contributed by atoms with van der Waals surface area (Å²) in [5.74, 6) is -0.618. The molecule has 0 aliphatic heterocycles. The zero-order valence-corrected chi connectivity index (χ0v) is 14.4. The van der Waals surface area contributed by atoms with E-state index in [1.807, 2.05) is 0 Å². The molecule has 9 heteroatoms. The number of ether oxygens (including phenoxy) is 2. The first kappa shape index (κ1) is 21.9. The highest BCUT2D eigenvalue weighted by atomic mass is 16.5. The van der Waals surface area contributed by atoms with Gasteiger partial charge in [-0.05, 0) is 17.7 Å². The Labute approximate surface area is 150 Å².